The highest BCUT2D eigenvalue weighted by Gasteiger charge is 2.33. The fourth-order valence-electron chi connectivity index (χ4n) is 2.91. The molecule has 3 aromatic rings. The number of furan rings is 1. The predicted molar refractivity (Wildman–Crippen MR) is 122 cm³/mol. The number of amides is 1. The Balaban J connectivity index is 1.57. The molecule has 1 aliphatic heterocycles. The van der Waals surface area contributed by atoms with Crippen LogP contribution in [0.5, 0.6) is 5.75 Å². The molecule has 7 heteroatoms. The lowest BCUT2D eigenvalue weighted by molar-refractivity contribution is -0.113. The maximum atomic E-state index is 12.9. The van der Waals surface area contributed by atoms with Crippen molar-refractivity contribution in [2.24, 2.45) is 0 Å². The van der Waals surface area contributed by atoms with Gasteiger partial charge in [-0.3, -0.25) is 9.69 Å². The van der Waals surface area contributed by atoms with Crippen molar-refractivity contribution in [3.05, 3.63) is 76.4 Å². The summed E-state index contributed by atoms with van der Waals surface area (Å²) < 4.78 is 11.8. The molecular weight excluding hydrogens is 426 g/mol. The van der Waals surface area contributed by atoms with E-state index in [0.717, 1.165) is 11.3 Å². The van der Waals surface area contributed by atoms with Crippen LogP contribution in [0.25, 0.3) is 17.4 Å². The summed E-state index contributed by atoms with van der Waals surface area (Å²) in [7, 11) is 0. The predicted octanol–water partition coefficient (Wildman–Crippen LogP) is 6.40. The van der Waals surface area contributed by atoms with E-state index in [4.69, 9.17) is 33.0 Å². The monoisotopic (exact) mass is 441 g/mol. The van der Waals surface area contributed by atoms with Crippen molar-refractivity contribution in [2.75, 3.05) is 11.5 Å². The number of benzene rings is 2. The largest absolute Gasteiger partial charge is 0.494 e. The van der Waals surface area contributed by atoms with Crippen LogP contribution in [0.15, 0.2) is 70.0 Å². The van der Waals surface area contributed by atoms with Crippen molar-refractivity contribution in [1.29, 1.82) is 0 Å². The van der Waals surface area contributed by atoms with E-state index in [2.05, 4.69) is 0 Å². The molecule has 1 fully saturated rings. The highest BCUT2D eigenvalue weighted by molar-refractivity contribution is 8.27. The van der Waals surface area contributed by atoms with E-state index in [9.17, 15) is 4.79 Å². The van der Waals surface area contributed by atoms with Gasteiger partial charge < -0.3 is 9.15 Å². The number of carbonyl (C=O) groups is 1. The van der Waals surface area contributed by atoms with Crippen LogP contribution in [-0.2, 0) is 4.79 Å². The molecule has 0 saturated carbocycles. The Labute approximate surface area is 183 Å². The summed E-state index contributed by atoms with van der Waals surface area (Å²) in [5.74, 6) is 1.77. The zero-order chi connectivity index (χ0) is 20.4. The van der Waals surface area contributed by atoms with Gasteiger partial charge in [-0.1, -0.05) is 47.7 Å². The Hall–Kier alpha value is -2.54. The summed E-state index contributed by atoms with van der Waals surface area (Å²) in [6.45, 7) is 2.51. The van der Waals surface area contributed by atoms with E-state index < -0.39 is 0 Å². The third-order valence-electron chi connectivity index (χ3n) is 4.24. The van der Waals surface area contributed by atoms with Gasteiger partial charge in [0.25, 0.3) is 5.91 Å². The van der Waals surface area contributed by atoms with Gasteiger partial charge in [0.15, 0.2) is 4.32 Å². The van der Waals surface area contributed by atoms with E-state index in [1.54, 1.807) is 12.1 Å². The smallest absolute Gasteiger partial charge is 0.270 e. The van der Waals surface area contributed by atoms with Crippen molar-refractivity contribution >= 4 is 57.6 Å². The highest BCUT2D eigenvalue weighted by atomic mass is 35.5. The molecule has 1 saturated heterocycles. The van der Waals surface area contributed by atoms with Crippen molar-refractivity contribution in [2.45, 2.75) is 6.92 Å². The van der Waals surface area contributed by atoms with Gasteiger partial charge in [0.2, 0.25) is 0 Å². The first-order valence-corrected chi connectivity index (χ1v) is 10.5. The molecule has 4 nitrogen and oxygen atoms in total. The standard InChI is InChI=1S/C22H16ClNO3S2/c1-2-26-15-9-7-14(8-10-15)24-21(25)20(29-22(24)28)13-16-11-12-19(27-16)17-5-3-4-6-18(17)23/h3-13H,2H2,1H3/b20-13-. The third-order valence-corrected chi connectivity index (χ3v) is 5.87. The van der Waals surface area contributed by atoms with Crippen LogP contribution >= 0.6 is 35.6 Å². The third kappa shape index (κ3) is 4.10. The lowest BCUT2D eigenvalue weighted by Gasteiger charge is -2.15. The number of carbonyl (C=O) groups excluding carboxylic acids is 1. The Morgan fingerprint density at radius 1 is 1.14 bits per heavy atom. The highest BCUT2D eigenvalue weighted by Crippen LogP contribution is 2.37. The molecule has 0 unspecified atom stereocenters. The molecule has 0 aliphatic carbocycles. The molecule has 0 radical (unpaired) electrons. The van der Waals surface area contributed by atoms with Crippen molar-refractivity contribution < 1.29 is 13.9 Å². The Bertz CT molecular complexity index is 1110. The first-order valence-electron chi connectivity index (χ1n) is 8.92. The molecular formula is C22H16ClNO3S2. The molecule has 1 amide bonds. The Morgan fingerprint density at radius 3 is 2.62 bits per heavy atom. The zero-order valence-electron chi connectivity index (χ0n) is 15.4. The molecule has 2 aromatic carbocycles. The SMILES string of the molecule is CCOc1ccc(N2C(=O)/C(=C/c3ccc(-c4ccccc4Cl)o3)SC2=S)cc1. The quantitative estimate of drug-likeness (QED) is 0.338. The number of hydrogen-bond acceptors (Lipinski definition) is 5. The van der Waals surface area contributed by atoms with Crippen molar-refractivity contribution in [1.82, 2.24) is 0 Å². The summed E-state index contributed by atoms with van der Waals surface area (Å²) in [4.78, 5) is 14.9. The van der Waals surface area contributed by atoms with Crippen LogP contribution in [-0.4, -0.2) is 16.8 Å². The number of nitrogens with zero attached hydrogens (tertiary/aromatic N) is 1. The average molecular weight is 442 g/mol. The van der Waals surface area contributed by atoms with Crippen LogP contribution < -0.4 is 9.64 Å². The summed E-state index contributed by atoms with van der Waals surface area (Å²) in [5.41, 5.74) is 1.51. The van der Waals surface area contributed by atoms with E-state index in [-0.39, 0.29) is 5.91 Å². The fourth-order valence-corrected chi connectivity index (χ4v) is 4.42. The molecule has 0 bridgehead atoms. The number of ether oxygens (including phenoxy) is 1. The van der Waals surface area contributed by atoms with E-state index >= 15 is 0 Å². The topological polar surface area (TPSA) is 42.7 Å². The van der Waals surface area contributed by atoms with E-state index in [1.807, 2.05) is 61.5 Å². The lowest BCUT2D eigenvalue weighted by atomic mass is 10.2. The van der Waals surface area contributed by atoms with Gasteiger partial charge in [-0.25, -0.2) is 0 Å². The van der Waals surface area contributed by atoms with Gasteiger partial charge >= 0.3 is 0 Å². The summed E-state index contributed by atoms with van der Waals surface area (Å²) >= 11 is 12.9. The first kappa shape index (κ1) is 19.8. The number of thioether (sulfide) groups is 1. The van der Waals surface area contributed by atoms with E-state index in [1.165, 1.54) is 16.7 Å². The van der Waals surface area contributed by atoms with E-state index in [0.29, 0.717) is 38.1 Å². The second-order valence-electron chi connectivity index (χ2n) is 6.13. The minimum Gasteiger partial charge on any atom is -0.494 e. The molecule has 146 valence electrons. The fraction of sp³-hybridized carbons (Fsp3) is 0.0909. The van der Waals surface area contributed by atoms with Gasteiger partial charge in [-0.2, -0.15) is 0 Å². The molecule has 0 atom stereocenters. The summed E-state index contributed by atoms with van der Waals surface area (Å²) in [6, 6.07) is 18.4. The van der Waals surface area contributed by atoms with Gasteiger partial charge in [-0.05, 0) is 55.5 Å². The van der Waals surface area contributed by atoms with Crippen LogP contribution in [0.3, 0.4) is 0 Å². The Morgan fingerprint density at radius 2 is 1.90 bits per heavy atom. The van der Waals surface area contributed by atoms with Crippen LogP contribution in [0, 0.1) is 0 Å². The Kier molecular flexibility index (Phi) is 5.76. The number of anilines is 1. The maximum Gasteiger partial charge on any atom is 0.270 e. The molecule has 1 aliphatic rings. The molecule has 29 heavy (non-hydrogen) atoms. The minimum atomic E-state index is -0.181. The average Bonchev–Trinajstić information content (AvgIpc) is 3.28. The normalized spacial score (nSPS) is 15.4. The zero-order valence-corrected chi connectivity index (χ0v) is 17.8. The van der Waals surface area contributed by atoms with Crippen LogP contribution in [0.2, 0.25) is 5.02 Å². The summed E-state index contributed by atoms with van der Waals surface area (Å²) in [5, 5.41) is 0.607. The van der Waals surface area contributed by atoms with Crippen molar-refractivity contribution in [3.63, 3.8) is 0 Å². The minimum absolute atomic E-state index is 0.181. The first-order chi connectivity index (χ1) is 14.1. The van der Waals surface area contributed by atoms with Crippen molar-refractivity contribution in [3.8, 4) is 17.1 Å². The lowest BCUT2D eigenvalue weighted by Crippen LogP contribution is -2.27. The molecule has 1 aromatic heterocycles. The number of hydrogen-bond donors (Lipinski definition) is 0. The second kappa shape index (κ2) is 8.45. The molecule has 0 N–H and O–H groups in total. The number of thiocarbonyl (C=S) groups is 1. The van der Waals surface area contributed by atoms with Crippen LogP contribution in [0.1, 0.15) is 12.7 Å². The summed E-state index contributed by atoms with van der Waals surface area (Å²) in [6.07, 6.45) is 1.70. The van der Waals surface area contributed by atoms with Gasteiger partial charge in [-0.15, -0.1) is 0 Å². The van der Waals surface area contributed by atoms with Gasteiger partial charge in [0.05, 0.1) is 22.2 Å². The molecule has 2 heterocycles. The maximum absolute atomic E-state index is 12.9. The van der Waals surface area contributed by atoms with Gasteiger partial charge in [0.1, 0.15) is 17.3 Å². The number of halogens is 1. The molecule has 0 spiro atoms. The van der Waals surface area contributed by atoms with Gasteiger partial charge in [0, 0.05) is 11.6 Å². The second-order valence-corrected chi connectivity index (χ2v) is 8.21. The van der Waals surface area contributed by atoms with Crippen LogP contribution in [0.4, 0.5) is 5.69 Å². The molecule has 4 rings (SSSR count). The number of rotatable bonds is 5.